The molecule has 0 radical (unpaired) electrons. The van der Waals surface area contributed by atoms with E-state index >= 15 is 0 Å². The number of pyridine rings is 1. The fourth-order valence-electron chi connectivity index (χ4n) is 1.75. The van der Waals surface area contributed by atoms with Gasteiger partial charge in [-0.15, -0.1) is 0 Å². The smallest absolute Gasteiger partial charge is 0.177 e. The number of aromatic amines is 1. The molecule has 0 amide bonds. The Labute approximate surface area is 88.9 Å². The van der Waals surface area contributed by atoms with Crippen LogP contribution in [-0.2, 0) is 5.54 Å². The molecule has 80 valence electrons. The highest BCUT2D eigenvalue weighted by atomic mass is 15.0. The zero-order valence-electron chi connectivity index (χ0n) is 9.12. The summed E-state index contributed by atoms with van der Waals surface area (Å²) in [5.41, 5.74) is 7.48. The SMILES string of the molecule is CCCC(C)(N)c1nc2ncccc2[nH]1. The molecule has 2 aromatic rings. The lowest BCUT2D eigenvalue weighted by Crippen LogP contribution is -2.34. The molecule has 2 heterocycles. The van der Waals surface area contributed by atoms with E-state index in [2.05, 4.69) is 21.9 Å². The van der Waals surface area contributed by atoms with Crippen molar-refractivity contribution in [2.45, 2.75) is 32.2 Å². The molecule has 0 aromatic carbocycles. The number of nitrogens with two attached hydrogens (primary N) is 1. The third kappa shape index (κ3) is 1.85. The molecular formula is C11H16N4. The van der Waals surface area contributed by atoms with E-state index in [1.807, 2.05) is 19.1 Å². The summed E-state index contributed by atoms with van der Waals surface area (Å²) in [7, 11) is 0. The van der Waals surface area contributed by atoms with E-state index in [0.29, 0.717) is 0 Å². The maximum absolute atomic E-state index is 6.19. The predicted molar refractivity (Wildman–Crippen MR) is 60.3 cm³/mol. The van der Waals surface area contributed by atoms with Gasteiger partial charge in [0.2, 0.25) is 0 Å². The van der Waals surface area contributed by atoms with Crippen LogP contribution in [0.5, 0.6) is 0 Å². The molecule has 4 nitrogen and oxygen atoms in total. The minimum atomic E-state index is -0.393. The maximum Gasteiger partial charge on any atom is 0.177 e. The predicted octanol–water partition coefficient (Wildman–Crippen LogP) is 1.93. The van der Waals surface area contributed by atoms with E-state index in [-0.39, 0.29) is 0 Å². The monoisotopic (exact) mass is 204 g/mol. The van der Waals surface area contributed by atoms with Crippen LogP contribution in [-0.4, -0.2) is 15.0 Å². The minimum absolute atomic E-state index is 0.393. The van der Waals surface area contributed by atoms with Crippen molar-refractivity contribution < 1.29 is 0 Å². The molecule has 0 aliphatic rings. The van der Waals surface area contributed by atoms with Crippen molar-refractivity contribution >= 4 is 11.2 Å². The van der Waals surface area contributed by atoms with Crippen LogP contribution in [0.2, 0.25) is 0 Å². The highest BCUT2D eigenvalue weighted by Crippen LogP contribution is 2.22. The first-order valence-electron chi connectivity index (χ1n) is 5.23. The van der Waals surface area contributed by atoms with Crippen molar-refractivity contribution in [3.8, 4) is 0 Å². The topological polar surface area (TPSA) is 67.6 Å². The quantitative estimate of drug-likeness (QED) is 0.802. The summed E-state index contributed by atoms with van der Waals surface area (Å²) in [5.74, 6) is 0.818. The summed E-state index contributed by atoms with van der Waals surface area (Å²) in [6.07, 6.45) is 3.69. The second-order valence-corrected chi connectivity index (χ2v) is 4.13. The van der Waals surface area contributed by atoms with Crippen molar-refractivity contribution in [3.05, 3.63) is 24.2 Å². The van der Waals surface area contributed by atoms with Crippen LogP contribution in [0.15, 0.2) is 18.3 Å². The summed E-state index contributed by atoms with van der Waals surface area (Å²) < 4.78 is 0. The summed E-state index contributed by atoms with van der Waals surface area (Å²) >= 11 is 0. The number of hydrogen-bond donors (Lipinski definition) is 2. The van der Waals surface area contributed by atoms with E-state index in [1.54, 1.807) is 6.20 Å². The van der Waals surface area contributed by atoms with Gasteiger partial charge in [-0.1, -0.05) is 13.3 Å². The van der Waals surface area contributed by atoms with Crippen LogP contribution in [0.1, 0.15) is 32.5 Å². The fraction of sp³-hybridized carbons (Fsp3) is 0.455. The number of hydrogen-bond acceptors (Lipinski definition) is 3. The first-order valence-corrected chi connectivity index (χ1v) is 5.23. The van der Waals surface area contributed by atoms with Crippen molar-refractivity contribution in [2.75, 3.05) is 0 Å². The lowest BCUT2D eigenvalue weighted by atomic mass is 9.97. The van der Waals surface area contributed by atoms with Gasteiger partial charge in [-0.05, 0) is 25.5 Å². The lowest BCUT2D eigenvalue weighted by molar-refractivity contribution is 0.424. The van der Waals surface area contributed by atoms with E-state index < -0.39 is 5.54 Å². The zero-order chi connectivity index (χ0) is 10.9. The molecule has 0 saturated heterocycles. The number of H-pyrrole nitrogens is 1. The lowest BCUT2D eigenvalue weighted by Gasteiger charge is -2.20. The van der Waals surface area contributed by atoms with Gasteiger partial charge in [0.25, 0.3) is 0 Å². The molecular weight excluding hydrogens is 188 g/mol. The molecule has 0 bridgehead atoms. The Balaban J connectivity index is 2.44. The molecule has 0 aliphatic heterocycles. The van der Waals surface area contributed by atoms with Gasteiger partial charge < -0.3 is 10.7 Å². The third-order valence-corrected chi connectivity index (χ3v) is 2.57. The van der Waals surface area contributed by atoms with Crippen molar-refractivity contribution in [3.63, 3.8) is 0 Å². The number of rotatable bonds is 3. The molecule has 2 aromatic heterocycles. The van der Waals surface area contributed by atoms with Crippen LogP contribution < -0.4 is 5.73 Å². The molecule has 2 rings (SSSR count). The summed E-state index contributed by atoms with van der Waals surface area (Å²) in [4.78, 5) is 11.8. The largest absolute Gasteiger partial charge is 0.339 e. The highest BCUT2D eigenvalue weighted by molar-refractivity contribution is 5.70. The molecule has 1 atom stereocenters. The van der Waals surface area contributed by atoms with E-state index in [4.69, 9.17) is 5.73 Å². The number of aromatic nitrogens is 3. The fourth-order valence-corrected chi connectivity index (χ4v) is 1.75. The Morgan fingerprint density at radius 3 is 3.00 bits per heavy atom. The summed E-state index contributed by atoms with van der Waals surface area (Å²) in [6.45, 7) is 4.11. The van der Waals surface area contributed by atoms with Crippen LogP contribution in [0, 0.1) is 0 Å². The van der Waals surface area contributed by atoms with Gasteiger partial charge in [-0.25, -0.2) is 9.97 Å². The molecule has 0 fully saturated rings. The zero-order valence-corrected chi connectivity index (χ0v) is 9.12. The first kappa shape index (κ1) is 10.1. The van der Waals surface area contributed by atoms with Gasteiger partial charge in [-0.3, -0.25) is 0 Å². The maximum atomic E-state index is 6.19. The van der Waals surface area contributed by atoms with E-state index in [9.17, 15) is 0 Å². The minimum Gasteiger partial charge on any atom is -0.339 e. The van der Waals surface area contributed by atoms with Gasteiger partial charge in [0.1, 0.15) is 5.82 Å². The number of fused-ring (bicyclic) bond motifs is 1. The Bertz CT molecular complexity index is 425. The van der Waals surface area contributed by atoms with Gasteiger partial charge in [0.15, 0.2) is 5.65 Å². The second-order valence-electron chi connectivity index (χ2n) is 4.13. The molecule has 0 saturated carbocycles. The normalized spacial score (nSPS) is 15.4. The summed E-state index contributed by atoms with van der Waals surface area (Å²) in [5, 5.41) is 0. The molecule has 0 aliphatic carbocycles. The van der Waals surface area contributed by atoms with Crippen molar-refractivity contribution in [2.24, 2.45) is 5.73 Å². The highest BCUT2D eigenvalue weighted by Gasteiger charge is 2.23. The van der Waals surface area contributed by atoms with Gasteiger partial charge in [-0.2, -0.15) is 0 Å². The number of nitrogens with zero attached hydrogens (tertiary/aromatic N) is 2. The van der Waals surface area contributed by atoms with Crippen molar-refractivity contribution in [1.82, 2.24) is 15.0 Å². The van der Waals surface area contributed by atoms with Gasteiger partial charge in [0.05, 0.1) is 11.1 Å². The Morgan fingerprint density at radius 2 is 2.33 bits per heavy atom. The first-order chi connectivity index (χ1) is 7.13. The van der Waals surface area contributed by atoms with E-state index in [0.717, 1.165) is 29.8 Å². The van der Waals surface area contributed by atoms with Gasteiger partial charge in [0, 0.05) is 6.20 Å². The van der Waals surface area contributed by atoms with Crippen LogP contribution in [0.4, 0.5) is 0 Å². The Hall–Kier alpha value is -1.42. The number of nitrogens with one attached hydrogen (secondary N) is 1. The third-order valence-electron chi connectivity index (χ3n) is 2.57. The summed E-state index contributed by atoms with van der Waals surface area (Å²) in [6, 6.07) is 3.85. The van der Waals surface area contributed by atoms with Crippen LogP contribution in [0.3, 0.4) is 0 Å². The van der Waals surface area contributed by atoms with Crippen LogP contribution >= 0.6 is 0 Å². The number of imidazole rings is 1. The molecule has 15 heavy (non-hydrogen) atoms. The molecule has 3 N–H and O–H groups in total. The molecule has 1 unspecified atom stereocenters. The van der Waals surface area contributed by atoms with Gasteiger partial charge >= 0.3 is 0 Å². The van der Waals surface area contributed by atoms with E-state index in [1.165, 1.54) is 0 Å². The Kier molecular flexibility index (Phi) is 2.44. The molecule has 0 spiro atoms. The van der Waals surface area contributed by atoms with Crippen molar-refractivity contribution in [1.29, 1.82) is 0 Å². The Morgan fingerprint density at radius 1 is 1.53 bits per heavy atom. The molecule has 4 heteroatoms. The average molecular weight is 204 g/mol. The second kappa shape index (κ2) is 3.62. The standard InChI is InChI=1S/C11H16N4/c1-3-6-11(2,12)10-14-8-5-4-7-13-9(8)15-10/h4-5,7H,3,6,12H2,1-2H3,(H,13,14,15). The average Bonchev–Trinajstić information content (AvgIpc) is 2.61. The van der Waals surface area contributed by atoms with Crippen LogP contribution in [0.25, 0.3) is 11.2 Å².